The van der Waals surface area contributed by atoms with E-state index in [9.17, 15) is 4.79 Å². The number of piperidine rings is 1. The molecule has 0 aromatic heterocycles. The third-order valence-corrected chi connectivity index (χ3v) is 4.46. The molecule has 0 atom stereocenters. The molecule has 1 aromatic rings. The number of carbonyl (C=O) groups excluding carboxylic acids is 1. The van der Waals surface area contributed by atoms with Crippen LogP contribution in [-0.4, -0.2) is 29.7 Å². The first-order valence-corrected chi connectivity index (χ1v) is 8.20. The highest BCUT2D eigenvalue weighted by Crippen LogP contribution is 2.37. The molecule has 3 heteroatoms. The van der Waals surface area contributed by atoms with Gasteiger partial charge in [0.05, 0.1) is 0 Å². The lowest BCUT2D eigenvalue weighted by Crippen LogP contribution is -2.41. The fourth-order valence-corrected chi connectivity index (χ4v) is 3.40. The minimum absolute atomic E-state index is 0.174. The summed E-state index contributed by atoms with van der Waals surface area (Å²) in [6, 6.07) is 8.68. The molecular formula is C19H25NO2. The Hall–Kier alpha value is -1.77. The molecule has 0 N–H and O–H groups in total. The Morgan fingerprint density at radius 1 is 1.18 bits per heavy atom. The number of amides is 1. The first kappa shape index (κ1) is 15.1. The summed E-state index contributed by atoms with van der Waals surface area (Å²) in [5.41, 5.74) is 3.92. The normalized spacial score (nSPS) is 18.9. The average Bonchev–Trinajstić information content (AvgIpc) is 2.89. The number of likely N-dealkylation sites (tertiary alicyclic amines) is 1. The van der Waals surface area contributed by atoms with Crippen molar-refractivity contribution in [3.8, 4) is 0 Å². The van der Waals surface area contributed by atoms with E-state index in [-0.39, 0.29) is 6.09 Å². The number of benzene rings is 1. The van der Waals surface area contributed by atoms with Gasteiger partial charge in [0.15, 0.2) is 0 Å². The van der Waals surface area contributed by atoms with Gasteiger partial charge in [-0.2, -0.15) is 0 Å². The molecule has 0 bridgehead atoms. The van der Waals surface area contributed by atoms with Gasteiger partial charge in [-0.25, -0.2) is 4.79 Å². The minimum atomic E-state index is -0.416. The second kappa shape index (κ2) is 5.79. The molecule has 1 fully saturated rings. The first-order chi connectivity index (χ1) is 10.4. The number of nitrogens with zero attached hydrogens (tertiary/aromatic N) is 1. The van der Waals surface area contributed by atoms with Crippen molar-refractivity contribution in [3.63, 3.8) is 0 Å². The van der Waals surface area contributed by atoms with E-state index in [1.807, 2.05) is 25.7 Å². The van der Waals surface area contributed by atoms with E-state index in [1.165, 1.54) is 16.7 Å². The lowest BCUT2D eigenvalue weighted by Gasteiger charge is -2.34. The summed E-state index contributed by atoms with van der Waals surface area (Å²) in [6.07, 6.45) is 5.31. The number of ether oxygens (including phenoxy) is 1. The van der Waals surface area contributed by atoms with Crippen LogP contribution in [0.3, 0.4) is 0 Å². The molecule has 3 rings (SSSR count). The maximum absolute atomic E-state index is 12.1. The van der Waals surface area contributed by atoms with E-state index in [0.717, 1.165) is 32.4 Å². The lowest BCUT2D eigenvalue weighted by atomic mass is 9.86. The van der Waals surface area contributed by atoms with E-state index in [1.54, 1.807) is 0 Å². The third-order valence-electron chi connectivity index (χ3n) is 4.46. The summed E-state index contributed by atoms with van der Waals surface area (Å²) in [6.45, 7) is 7.33. The van der Waals surface area contributed by atoms with Crippen LogP contribution in [0, 0.1) is 5.92 Å². The minimum Gasteiger partial charge on any atom is -0.444 e. The number of fused-ring (bicyclic) bond motifs is 1. The maximum Gasteiger partial charge on any atom is 0.410 e. The number of carbonyl (C=O) groups is 1. The van der Waals surface area contributed by atoms with Crippen molar-refractivity contribution in [3.05, 3.63) is 41.5 Å². The molecule has 0 unspecified atom stereocenters. The molecule has 1 heterocycles. The second-order valence-corrected chi connectivity index (χ2v) is 7.26. The van der Waals surface area contributed by atoms with Gasteiger partial charge in [0.2, 0.25) is 0 Å². The van der Waals surface area contributed by atoms with Crippen LogP contribution >= 0.6 is 0 Å². The van der Waals surface area contributed by atoms with Crippen LogP contribution in [0.15, 0.2) is 30.3 Å². The molecule has 0 saturated carbocycles. The second-order valence-electron chi connectivity index (χ2n) is 7.26. The highest BCUT2D eigenvalue weighted by Gasteiger charge is 2.30. The highest BCUT2D eigenvalue weighted by atomic mass is 16.6. The highest BCUT2D eigenvalue weighted by molar-refractivity contribution is 5.75. The topological polar surface area (TPSA) is 29.5 Å². The van der Waals surface area contributed by atoms with E-state index < -0.39 is 5.60 Å². The van der Waals surface area contributed by atoms with Crippen molar-refractivity contribution < 1.29 is 9.53 Å². The Bertz CT molecular complexity index is 590. The quantitative estimate of drug-likeness (QED) is 0.775. The van der Waals surface area contributed by atoms with Crippen molar-refractivity contribution in [2.24, 2.45) is 5.92 Å². The van der Waals surface area contributed by atoms with E-state index in [4.69, 9.17) is 4.74 Å². The van der Waals surface area contributed by atoms with E-state index in [0.29, 0.717) is 5.92 Å². The molecule has 118 valence electrons. The van der Waals surface area contributed by atoms with Crippen LogP contribution in [0.25, 0.3) is 5.57 Å². The molecule has 2 aliphatic rings. The summed E-state index contributed by atoms with van der Waals surface area (Å²) < 4.78 is 5.47. The van der Waals surface area contributed by atoms with Crippen molar-refractivity contribution in [2.75, 3.05) is 13.1 Å². The zero-order valence-corrected chi connectivity index (χ0v) is 13.8. The Morgan fingerprint density at radius 3 is 2.55 bits per heavy atom. The van der Waals surface area contributed by atoms with Gasteiger partial charge in [-0.05, 0) is 62.7 Å². The molecule has 1 saturated heterocycles. The Kier molecular flexibility index (Phi) is 3.98. The largest absolute Gasteiger partial charge is 0.444 e. The predicted octanol–water partition coefficient (Wildman–Crippen LogP) is 4.27. The predicted molar refractivity (Wildman–Crippen MR) is 88.7 cm³/mol. The van der Waals surface area contributed by atoms with E-state index >= 15 is 0 Å². The Labute approximate surface area is 133 Å². The van der Waals surface area contributed by atoms with Gasteiger partial charge in [0.1, 0.15) is 5.60 Å². The SMILES string of the molecule is CC(C)(C)OC(=O)N1CCC(C2=CCc3ccccc32)CC1. The third kappa shape index (κ3) is 3.18. The summed E-state index contributed by atoms with van der Waals surface area (Å²) >= 11 is 0. The number of allylic oxidation sites excluding steroid dienone is 2. The van der Waals surface area contributed by atoms with Crippen LogP contribution in [-0.2, 0) is 11.2 Å². The fourth-order valence-electron chi connectivity index (χ4n) is 3.40. The summed E-state index contributed by atoms with van der Waals surface area (Å²) in [5.74, 6) is 0.572. The number of rotatable bonds is 1. The zero-order valence-electron chi connectivity index (χ0n) is 13.8. The van der Waals surface area contributed by atoms with Crippen LogP contribution in [0.1, 0.15) is 44.7 Å². The molecule has 1 aliphatic carbocycles. The van der Waals surface area contributed by atoms with Crippen LogP contribution in [0.5, 0.6) is 0 Å². The zero-order chi connectivity index (χ0) is 15.7. The smallest absolute Gasteiger partial charge is 0.410 e. The van der Waals surface area contributed by atoms with Gasteiger partial charge >= 0.3 is 6.09 Å². The molecular weight excluding hydrogens is 274 g/mol. The van der Waals surface area contributed by atoms with Gasteiger partial charge in [-0.15, -0.1) is 0 Å². The molecule has 0 radical (unpaired) electrons. The van der Waals surface area contributed by atoms with Crippen LogP contribution in [0.2, 0.25) is 0 Å². The van der Waals surface area contributed by atoms with Crippen molar-refractivity contribution in [1.82, 2.24) is 4.90 Å². The van der Waals surface area contributed by atoms with Crippen molar-refractivity contribution in [2.45, 2.75) is 45.6 Å². The van der Waals surface area contributed by atoms with Crippen molar-refractivity contribution in [1.29, 1.82) is 0 Å². The molecule has 1 aliphatic heterocycles. The summed E-state index contributed by atoms with van der Waals surface area (Å²) in [5, 5.41) is 0. The Balaban J connectivity index is 1.60. The van der Waals surface area contributed by atoms with Gasteiger partial charge in [-0.3, -0.25) is 0 Å². The lowest BCUT2D eigenvalue weighted by molar-refractivity contribution is 0.0200. The standard InChI is InChI=1S/C19H25NO2/c1-19(2,3)22-18(21)20-12-10-15(11-13-20)17-9-8-14-6-4-5-7-16(14)17/h4-7,9,15H,8,10-13H2,1-3H3. The van der Waals surface area contributed by atoms with Crippen LogP contribution in [0.4, 0.5) is 4.79 Å². The fraction of sp³-hybridized carbons (Fsp3) is 0.526. The van der Waals surface area contributed by atoms with Gasteiger partial charge < -0.3 is 9.64 Å². The molecule has 0 spiro atoms. The summed E-state index contributed by atoms with van der Waals surface area (Å²) in [7, 11) is 0. The Morgan fingerprint density at radius 2 is 1.86 bits per heavy atom. The van der Waals surface area contributed by atoms with Gasteiger partial charge in [0.25, 0.3) is 0 Å². The van der Waals surface area contributed by atoms with Gasteiger partial charge in [-0.1, -0.05) is 30.3 Å². The monoisotopic (exact) mass is 299 g/mol. The molecule has 3 nitrogen and oxygen atoms in total. The van der Waals surface area contributed by atoms with Crippen molar-refractivity contribution >= 4 is 11.7 Å². The van der Waals surface area contributed by atoms with E-state index in [2.05, 4.69) is 30.3 Å². The van der Waals surface area contributed by atoms with Crippen LogP contribution < -0.4 is 0 Å². The first-order valence-electron chi connectivity index (χ1n) is 8.20. The number of hydrogen-bond acceptors (Lipinski definition) is 2. The van der Waals surface area contributed by atoms with Gasteiger partial charge in [0, 0.05) is 13.1 Å². The molecule has 1 amide bonds. The summed E-state index contributed by atoms with van der Waals surface area (Å²) in [4.78, 5) is 14.0. The average molecular weight is 299 g/mol. The molecule has 22 heavy (non-hydrogen) atoms. The molecule has 1 aromatic carbocycles. The number of hydrogen-bond donors (Lipinski definition) is 0. The maximum atomic E-state index is 12.1.